The molecule has 0 saturated carbocycles. The van der Waals surface area contributed by atoms with Gasteiger partial charge in [0.05, 0.1) is 11.9 Å². The van der Waals surface area contributed by atoms with Gasteiger partial charge in [-0.15, -0.1) is 0 Å². The third-order valence-corrected chi connectivity index (χ3v) is 6.48. The van der Waals surface area contributed by atoms with E-state index in [2.05, 4.69) is 15.6 Å². The fourth-order valence-electron chi connectivity index (χ4n) is 3.15. The molecule has 3 aromatic heterocycles. The van der Waals surface area contributed by atoms with E-state index in [9.17, 15) is 13.2 Å². The van der Waals surface area contributed by atoms with Gasteiger partial charge >= 0.3 is 0 Å². The highest BCUT2D eigenvalue weighted by molar-refractivity contribution is 7.90. The molecule has 1 fully saturated rings. The van der Waals surface area contributed by atoms with Crippen LogP contribution in [0, 0.1) is 0 Å². The molecule has 1 aliphatic heterocycles. The van der Waals surface area contributed by atoms with Crippen molar-refractivity contribution in [2.24, 2.45) is 7.05 Å². The van der Waals surface area contributed by atoms with E-state index in [0.717, 1.165) is 28.8 Å². The molecule has 0 spiro atoms. The average molecular weight is 458 g/mol. The topological polar surface area (TPSA) is 117 Å². The van der Waals surface area contributed by atoms with Crippen LogP contribution in [0.1, 0.15) is 24.8 Å². The minimum atomic E-state index is -3.82. The first-order valence-corrected chi connectivity index (χ1v) is 11.5. The molecule has 1 aliphatic rings. The van der Waals surface area contributed by atoms with Crippen LogP contribution in [0.5, 0.6) is 0 Å². The fraction of sp³-hybridized carbons (Fsp3) is 0.286. The second kappa shape index (κ2) is 9.47. The molecule has 4 heterocycles. The minimum Gasteiger partial charge on any atom is -0.350 e. The number of aromatic nitrogens is 4. The first kappa shape index (κ1) is 21.9. The van der Waals surface area contributed by atoms with Gasteiger partial charge in [0.25, 0.3) is 15.9 Å². The highest BCUT2D eigenvalue weighted by Crippen LogP contribution is 2.20. The Kier molecular flexibility index (Phi) is 6.49. The van der Waals surface area contributed by atoms with E-state index in [0.29, 0.717) is 17.9 Å². The number of ether oxygens (including phenoxy) is 1. The summed E-state index contributed by atoms with van der Waals surface area (Å²) in [5.41, 5.74) is 4.27. The van der Waals surface area contributed by atoms with Crippen LogP contribution < -0.4 is 5.48 Å². The SMILES string of the molecule is Cn1cc(-c2ccc(S(=O)(=O)n3ccc(/C=C/C(=O)NOC4CCCCO4)c3)cn2)cn1. The Labute approximate surface area is 185 Å². The number of nitrogens with one attached hydrogen (secondary N) is 1. The van der Waals surface area contributed by atoms with Gasteiger partial charge in [-0.2, -0.15) is 5.10 Å². The number of hydroxylamine groups is 1. The van der Waals surface area contributed by atoms with E-state index < -0.39 is 22.2 Å². The maximum absolute atomic E-state index is 12.9. The number of carbonyl (C=O) groups is 1. The van der Waals surface area contributed by atoms with Gasteiger partial charge in [-0.1, -0.05) is 0 Å². The maximum Gasteiger partial charge on any atom is 0.269 e. The van der Waals surface area contributed by atoms with Crippen molar-refractivity contribution in [3.8, 4) is 11.3 Å². The highest BCUT2D eigenvalue weighted by Gasteiger charge is 2.18. The van der Waals surface area contributed by atoms with Gasteiger partial charge in [0.2, 0.25) is 0 Å². The summed E-state index contributed by atoms with van der Waals surface area (Å²) in [5.74, 6) is -0.468. The molecule has 0 radical (unpaired) electrons. The minimum absolute atomic E-state index is 0.0508. The summed E-state index contributed by atoms with van der Waals surface area (Å²) in [6.45, 7) is 0.611. The number of aryl methyl sites for hydroxylation is 1. The summed E-state index contributed by atoms with van der Waals surface area (Å²) in [5, 5.41) is 4.08. The van der Waals surface area contributed by atoms with E-state index in [-0.39, 0.29) is 4.90 Å². The second-order valence-corrected chi connectivity index (χ2v) is 9.12. The van der Waals surface area contributed by atoms with Crippen LogP contribution in [-0.4, -0.2) is 46.0 Å². The van der Waals surface area contributed by atoms with Gasteiger partial charge in [0.15, 0.2) is 6.29 Å². The zero-order valence-corrected chi connectivity index (χ0v) is 18.2. The maximum atomic E-state index is 12.9. The van der Waals surface area contributed by atoms with Crippen LogP contribution >= 0.6 is 0 Å². The molecule has 1 unspecified atom stereocenters. The zero-order chi connectivity index (χ0) is 22.6. The normalized spacial score (nSPS) is 17.0. The lowest BCUT2D eigenvalue weighted by molar-refractivity contribution is -0.198. The van der Waals surface area contributed by atoms with Crippen LogP contribution in [0.15, 0.2) is 60.2 Å². The molecule has 1 amide bonds. The van der Waals surface area contributed by atoms with E-state index in [1.54, 1.807) is 36.3 Å². The molecule has 168 valence electrons. The molecule has 1 saturated heterocycles. The lowest BCUT2D eigenvalue weighted by Gasteiger charge is -2.21. The monoisotopic (exact) mass is 457 g/mol. The summed E-state index contributed by atoms with van der Waals surface area (Å²) >= 11 is 0. The van der Waals surface area contributed by atoms with E-state index in [1.165, 1.54) is 36.8 Å². The summed E-state index contributed by atoms with van der Waals surface area (Å²) in [6.07, 6.45) is 12.6. The number of pyridine rings is 1. The van der Waals surface area contributed by atoms with Crippen molar-refractivity contribution >= 4 is 22.0 Å². The van der Waals surface area contributed by atoms with Gasteiger partial charge in [-0.05, 0) is 42.7 Å². The van der Waals surface area contributed by atoms with Crippen molar-refractivity contribution in [2.75, 3.05) is 6.61 Å². The average Bonchev–Trinajstić information content (AvgIpc) is 3.47. The predicted octanol–water partition coefficient (Wildman–Crippen LogP) is 2.11. The van der Waals surface area contributed by atoms with Crippen molar-refractivity contribution in [1.82, 2.24) is 24.2 Å². The van der Waals surface area contributed by atoms with E-state index in [4.69, 9.17) is 9.57 Å². The molecular weight excluding hydrogens is 434 g/mol. The Morgan fingerprint density at radius 2 is 2.12 bits per heavy atom. The molecule has 0 bridgehead atoms. The number of amides is 1. The number of hydrogen-bond donors (Lipinski definition) is 1. The molecule has 4 rings (SSSR count). The Morgan fingerprint density at radius 1 is 1.25 bits per heavy atom. The fourth-order valence-corrected chi connectivity index (χ4v) is 4.30. The molecule has 0 aliphatic carbocycles. The molecule has 3 aromatic rings. The second-order valence-electron chi connectivity index (χ2n) is 7.28. The third kappa shape index (κ3) is 5.13. The Morgan fingerprint density at radius 3 is 2.81 bits per heavy atom. The van der Waals surface area contributed by atoms with Crippen LogP contribution in [0.25, 0.3) is 17.3 Å². The van der Waals surface area contributed by atoms with Crippen molar-refractivity contribution in [3.63, 3.8) is 0 Å². The molecule has 32 heavy (non-hydrogen) atoms. The zero-order valence-electron chi connectivity index (χ0n) is 17.4. The van der Waals surface area contributed by atoms with Crippen molar-refractivity contribution < 1.29 is 22.8 Å². The molecular formula is C21H23N5O5S. The largest absolute Gasteiger partial charge is 0.350 e. The van der Waals surface area contributed by atoms with Crippen LogP contribution in [0.2, 0.25) is 0 Å². The molecule has 0 aromatic carbocycles. The van der Waals surface area contributed by atoms with Crippen LogP contribution in [-0.2, 0) is 31.4 Å². The number of hydrogen-bond acceptors (Lipinski definition) is 7. The predicted molar refractivity (Wildman–Crippen MR) is 115 cm³/mol. The van der Waals surface area contributed by atoms with E-state index in [1.807, 2.05) is 0 Å². The highest BCUT2D eigenvalue weighted by atomic mass is 32.2. The summed E-state index contributed by atoms with van der Waals surface area (Å²) in [7, 11) is -2.02. The lowest BCUT2D eigenvalue weighted by atomic mass is 10.2. The third-order valence-electron chi connectivity index (χ3n) is 4.86. The summed E-state index contributed by atoms with van der Waals surface area (Å²) in [6, 6.07) is 4.72. The number of rotatable bonds is 7. The van der Waals surface area contributed by atoms with Crippen LogP contribution in [0.3, 0.4) is 0 Å². The Balaban J connectivity index is 1.39. The summed E-state index contributed by atoms with van der Waals surface area (Å²) < 4.78 is 33.9. The lowest BCUT2D eigenvalue weighted by Crippen LogP contribution is -2.32. The van der Waals surface area contributed by atoms with E-state index >= 15 is 0 Å². The van der Waals surface area contributed by atoms with Gasteiger partial charge in [0.1, 0.15) is 4.90 Å². The van der Waals surface area contributed by atoms with Gasteiger partial charge in [-0.25, -0.2) is 22.7 Å². The molecule has 1 N–H and O–H groups in total. The Bertz CT molecular complexity index is 1210. The van der Waals surface area contributed by atoms with Gasteiger partial charge in [0, 0.05) is 56.5 Å². The smallest absolute Gasteiger partial charge is 0.269 e. The molecule has 11 heteroatoms. The first-order chi connectivity index (χ1) is 15.4. The van der Waals surface area contributed by atoms with Gasteiger partial charge in [-0.3, -0.25) is 14.5 Å². The standard InChI is InChI=1S/C21H23N5O5S/c1-25-15-17(12-23-25)19-7-6-18(13-22-19)32(28,29)26-10-9-16(14-26)5-8-20(27)24-31-21-4-2-3-11-30-21/h5-10,12-15,21H,2-4,11H2,1H3,(H,24,27)/b8-5+. The quantitative estimate of drug-likeness (QED) is 0.426. The molecule has 10 nitrogen and oxygen atoms in total. The van der Waals surface area contributed by atoms with Crippen molar-refractivity contribution in [2.45, 2.75) is 30.4 Å². The van der Waals surface area contributed by atoms with Crippen molar-refractivity contribution in [3.05, 3.63) is 60.8 Å². The first-order valence-electron chi connectivity index (χ1n) is 10.1. The van der Waals surface area contributed by atoms with Gasteiger partial charge < -0.3 is 4.74 Å². The number of carbonyl (C=O) groups excluding carboxylic acids is 1. The Hall–Kier alpha value is -3.28. The van der Waals surface area contributed by atoms with Crippen LogP contribution in [0.4, 0.5) is 0 Å². The van der Waals surface area contributed by atoms with Crippen molar-refractivity contribution in [1.29, 1.82) is 0 Å². The summed E-state index contributed by atoms with van der Waals surface area (Å²) in [4.78, 5) is 21.4. The number of nitrogens with zero attached hydrogens (tertiary/aromatic N) is 4. The molecule has 1 atom stereocenters.